The Morgan fingerprint density at radius 3 is 2.09 bits per heavy atom. The fourth-order valence-electron chi connectivity index (χ4n) is 1.73. The molecular formula is C14H13F3N2O2S. The van der Waals surface area contributed by atoms with E-state index in [9.17, 15) is 21.6 Å². The van der Waals surface area contributed by atoms with Gasteiger partial charge in [-0.1, -0.05) is 17.7 Å². The maximum Gasteiger partial charge on any atom is 0.417 e. The molecule has 0 aliphatic heterocycles. The molecule has 0 saturated heterocycles. The zero-order valence-corrected chi connectivity index (χ0v) is 12.6. The van der Waals surface area contributed by atoms with Crippen molar-refractivity contribution in [1.82, 2.24) is 4.98 Å². The van der Waals surface area contributed by atoms with Gasteiger partial charge in [0.25, 0.3) is 10.0 Å². The number of pyridine rings is 1. The first kappa shape index (κ1) is 16.3. The molecule has 0 aliphatic rings. The average Bonchev–Trinajstić information content (AvgIpc) is 2.46. The van der Waals surface area contributed by atoms with Crippen LogP contribution in [0.2, 0.25) is 0 Å². The van der Waals surface area contributed by atoms with Crippen LogP contribution in [0.25, 0.3) is 0 Å². The minimum atomic E-state index is -4.51. The van der Waals surface area contributed by atoms with E-state index in [1.54, 1.807) is 12.1 Å². The lowest BCUT2D eigenvalue weighted by Crippen LogP contribution is -2.27. The van der Waals surface area contributed by atoms with Gasteiger partial charge >= 0.3 is 6.18 Å². The van der Waals surface area contributed by atoms with Crippen molar-refractivity contribution < 1.29 is 21.6 Å². The Bertz CT molecular complexity index is 754. The number of hydrogen-bond acceptors (Lipinski definition) is 3. The van der Waals surface area contributed by atoms with Gasteiger partial charge < -0.3 is 0 Å². The highest BCUT2D eigenvalue weighted by Crippen LogP contribution is 2.30. The summed E-state index contributed by atoms with van der Waals surface area (Å²) in [7, 11) is -2.63. The lowest BCUT2D eigenvalue weighted by molar-refractivity contribution is -0.137. The Morgan fingerprint density at radius 1 is 1.05 bits per heavy atom. The zero-order chi connectivity index (χ0) is 16.5. The van der Waals surface area contributed by atoms with Gasteiger partial charge in [-0.05, 0) is 31.2 Å². The van der Waals surface area contributed by atoms with Crippen molar-refractivity contribution in [2.45, 2.75) is 18.0 Å². The number of aromatic nitrogens is 1. The number of alkyl halides is 3. The number of rotatable bonds is 3. The second-order valence-electron chi connectivity index (χ2n) is 4.69. The molecule has 0 unspecified atom stereocenters. The molecule has 1 heterocycles. The predicted octanol–water partition coefficient (Wildman–Crippen LogP) is 3.23. The largest absolute Gasteiger partial charge is 0.417 e. The molecule has 22 heavy (non-hydrogen) atoms. The van der Waals surface area contributed by atoms with Crippen LogP contribution in [-0.4, -0.2) is 20.4 Å². The second kappa shape index (κ2) is 5.60. The minimum absolute atomic E-state index is 0.0438. The van der Waals surface area contributed by atoms with Crippen LogP contribution in [-0.2, 0) is 16.2 Å². The molecule has 0 atom stereocenters. The first-order valence-electron chi connectivity index (χ1n) is 6.21. The molecule has 0 N–H and O–H groups in total. The van der Waals surface area contributed by atoms with E-state index in [1.165, 1.54) is 19.2 Å². The van der Waals surface area contributed by atoms with Crippen LogP contribution in [0.4, 0.5) is 19.0 Å². The molecule has 8 heteroatoms. The van der Waals surface area contributed by atoms with E-state index in [0.717, 1.165) is 22.0 Å². The van der Waals surface area contributed by atoms with Crippen LogP contribution in [0.5, 0.6) is 0 Å². The molecule has 1 aromatic heterocycles. The molecule has 0 saturated carbocycles. The molecule has 0 fully saturated rings. The Kier molecular flexibility index (Phi) is 4.15. The predicted molar refractivity (Wildman–Crippen MR) is 76.0 cm³/mol. The SMILES string of the molecule is Cc1ccc(S(=O)(=O)N(C)c2ccc(C(F)(F)F)cn2)cc1. The van der Waals surface area contributed by atoms with Crippen LogP contribution < -0.4 is 4.31 Å². The third-order valence-corrected chi connectivity index (χ3v) is 4.85. The molecule has 0 aliphatic carbocycles. The van der Waals surface area contributed by atoms with Gasteiger partial charge in [0.15, 0.2) is 0 Å². The molecule has 0 bridgehead atoms. The highest BCUT2D eigenvalue weighted by atomic mass is 32.2. The monoisotopic (exact) mass is 330 g/mol. The van der Waals surface area contributed by atoms with Gasteiger partial charge in [0.05, 0.1) is 10.5 Å². The summed E-state index contributed by atoms with van der Waals surface area (Å²) in [5.41, 5.74) is -0.0355. The van der Waals surface area contributed by atoms with Gasteiger partial charge in [-0.2, -0.15) is 13.2 Å². The van der Waals surface area contributed by atoms with E-state index in [0.29, 0.717) is 6.20 Å². The summed E-state index contributed by atoms with van der Waals surface area (Å²) in [5, 5.41) is 0. The van der Waals surface area contributed by atoms with Gasteiger partial charge in [0.2, 0.25) is 0 Å². The van der Waals surface area contributed by atoms with Crippen LogP contribution in [0, 0.1) is 6.92 Å². The summed E-state index contributed by atoms with van der Waals surface area (Å²) >= 11 is 0. The molecule has 4 nitrogen and oxygen atoms in total. The van der Waals surface area contributed by atoms with Gasteiger partial charge in [-0.15, -0.1) is 0 Å². The maximum atomic E-state index is 12.5. The number of halogens is 3. The third-order valence-electron chi connectivity index (χ3n) is 3.08. The van der Waals surface area contributed by atoms with Crippen molar-refractivity contribution in [3.05, 3.63) is 53.7 Å². The minimum Gasteiger partial charge on any atom is -0.253 e. The lowest BCUT2D eigenvalue weighted by atomic mass is 10.2. The van der Waals surface area contributed by atoms with Crippen molar-refractivity contribution in [3.63, 3.8) is 0 Å². The van der Waals surface area contributed by atoms with E-state index >= 15 is 0 Å². The van der Waals surface area contributed by atoms with Gasteiger partial charge in [0.1, 0.15) is 5.82 Å². The molecule has 0 radical (unpaired) electrons. The van der Waals surface area contributed by atoms with Crippen molar-refractivity contribution in [1.29, 1.82) is 0 Å². The zero-order valence-electron chi connectivity index (χ0n) is 11.8. The van der Waals surface area contributed by atoms with E-state index in [1.807, 2.05) is 6.92 Å². The number of hydrogen-bond donors (Lipinski definition) is 0. The molecule has 0 amide bonds. The van der Waals surface area contributed by atoms with Crippen molar-refractivity contribution in [3.8, 4) is 0 Å². The summed E-state index contributed by atoms with van der Waals surface area (Å²) in [4.78, 5) is 3.62. The summed E-state index contributed by atoms with van der Waals surface area (Å²) in [6, 6.07) is 7.97. The first-order chi connectivity index (χ1) is 10.1. The summed E-state index contributed by atoms with van der Waals surface area (Å²) < 4.78 is 63.1. The Balaban J connectivity index is 2.34. The second-order valence-corrected chi connectivity index (χ2v) is 6.66. The normalized spacial score (nSPS) is 12.2. The van der Waals surface area contributed by atoms with Crippen molar-refractivity contribution >= 4 is 15.8 Å². The standard InChI is InChI=1S/C14H13F3N2O2S/c1-10-3-6-12(7-4-10)22(20,21)19(2)13-8-5-11(9-18-13)14(15,16)17/h3-9H,1-2H3. The maximum absolute atomic E-state index is 12.5. The van der Waals surface area contributed by atoms with Gasteiger partial charge in [0, 0.05) is 13.2 Å². The Hall–Kier alpha value is -2.09. The molecule has 2 rings (SSSR count). The topological polar surface area (TPSA) is 50.3 Å². The van der Waals surface area contributed by atoms with E-state index in [2.05, 4.69) is 4.98 Å². The number of anilines is 1. The summed E-state index contributed by atoms with van der Waals surface area (Å²) in [5.74, 6) is -0.0893. The molecule has 1 aromatic carbocycles. The number of sulfonamides is 1. The highest BCUT2D eigenvalue weighted by Gasteiger charge is 2.31. The lowest BCUT2D eigenvalue weighted by Gasteiger charge is -2.19. The molecule has 2 aromatic rings. The van der Waals surface area contributed by atoms with Crippen molar-refractivity contribution in [2.24, 2.45) is 0 Å². The van der Waals surface area contributed by atoms with Gasteiger partial charge in [-0.25, -0.2) is 13.4 Å². The van der Waals surface area contributed by atoms with Crippen LogP contribution in [0.15, 0.2) is 47.5 Å². The fourth-order valence-corrected chi connectivity index (χ4v) is 2.88. The Labute approximate surface area is 126 Å². The number of aryl methyl sites for hydroxylation is 1. The van der Waals surface area contributed by atoms with E-state index in [-0.39, 0.29) is 10.7 Å². The van der Waals surface area contributed by atoms with Crippen LogP contribution in [0.3, 0.4) is 0 Å². The van der Waals surface area contributed by atoms with Gasteiger partial charge in [-0.3, -0.25) is 4.31 Å². The van der Waals surface area contributed by atoms with Crippen molar-refractivity contribution in [2.75, 3.05) is 11.4 Å². The summed E-state index contributed by atoms with van der Waals surface area (Å²) in [6.07, 6.45) is -3.91. The average molecular weight is 330 g/mol. The van der Waals surface area contributed by atoms with Crippen LogP contribution >= 0.6 is 0 Å². The molecular weight excluding hydrogens is 317 g/mol. The fraction of sp³-hybridized carbons (Fsp3) is 0.214. The number of benzene rings is 1. The Morgan fingerprint density at radius 2 is 1.64 bits per heavy atom. The molecule has 118 valence electrons. The first-order valence-corrected chi connectivity index (χ1v) is 7.65. The summed E-state index contributed by atoms with van der Waals surface area (Å²) in [6.45, 7) is 1.82. The highest BCUT2D eigenvalue weighted by molar-refractivity contribution is 7.92. The van der Waals surface area contributed by atoms with Crippen LogP contribution in [0.1, 0.15) is 11.1 Å². The smallest absolute Gasteiger partial charge is 0.253 e. The number of nitrogens with zero attached hydrogens (tertiary/aromatic N) is 2. The quantitative estimate of drug-likeness (QED) is 0.868. The van der Waals surface area contributed by atoms with E-state index in [4.69, 9.17) is 0 Å². The third kappa shape index (κ3) is 3.22. The van der Waals surface area contributed by atoms with E-state index < -0.39 is 21.8 Å². The molecule has 0 spiro atoms.